The highest BCUT2D eigenvalue weighted by Gasteiger charge is 2.22. The maximum Gasteiger partial charge on any atom is 0.231 e. The Bertz CT molecular complexity index is 536. The van der Waals surface area contributed by atoms with Gasteiger partial charge in [-0.15, -0.1) is 0 Å². The molecule has 0 spiro atoms. The van der Waals surface area contributed by atoms with E-state index in [1.54, 1.807) is 0 Å². The first-order valence-corrected chi connectivity index (χ1v) is 6.63. The van der Waals surface area contributed by atoms with Gasteiger partial charge in [0.25, 0.3) is 0 Å². The lowest BCUT2D eigenvalue weighted by Crippen LogP contribution is -2.19. The van der Waals surface area contributed by atoms with E-state index >= 15 is 0 Å². The van der Waals surface area contributed by atoms with Gasteiger partial charge in [-0.2, -0.15) is 0 Å². The van der Waals surface area contributed by atoms with Gasteiger partial charge in [0, 0.05) is 29.4 Å². The molecule has 0 saturated heterocycles. The van der Waals surface area contributed by atoms with Crippen molar-refractivity contribution >= 4 is 11.5 Å². The van der Waals surface area contributed by atoms with Crippen molar-refractivity contribution in [2.45, 2.75) is 26.2 Å². The summed E-state index contributed by atoms with van der Waals surface area (Å²) in [6, 6.07) is 5.67. The Kier molecular flexibility index (Phi) is 3.15. The number of hydrogen-bond donors (Lipinski definition) is 1. The number of ether oxygens (including phenoxy) is 2. The first-order chi connectivity index (χ1) is 9.24. The summed E-state index contributed by atoms with van der Waals surface area (Å²) in [4.78, 5) is 12.0. The van der Waals surface area contributed by atoms with Gasteiger partial charge in [-0.3, -0.25) is 4.79 Å². The van der Waals surface area contributed by atoms with E-state index in [9.17, 15) is 4.79 Å². The Balaban J connectivity index is 1.73. The van der Waals surface area contributed by atoms with Gasteiger partial charge in [-0.25, -0.2) is 0 Å². The number of fused-ring (bicyclic) bond motifs is 1. The summed E-state index contributed by atoms with van der Waals surface area (Å²) >= 11 is 0. The van der Waals surface area contributed by atoms with Crippen LogP contribution in [0.1, 0.15) is 26.2 Å². The van der Waals surface area contributed by atoms with Gasteiger partial charge in [0.1, 0.15) is 0 Å². The predicted molar refractivity (Wildman–Crippen MR) is 72.3 cm³/mol. The molecule has 100 valence electrons. The van der Waals surface area contributed by atoms with E-state index < -0.39 is 0 Å². The first kappa shape index (κ1) is 12.1. The third-order valence-electron chi connectivity index (χ3n) is 3.63. The molecule has 4 heteroatoms. The van der Waals surface area contributed by atoms with E-state index in [-0.39, 0.29) is 18.5 Å². The Morgan fingerprint density at radius 2 is 2.16 bits per heavy atom. The molecule has 1 atom stereocenters. The minimum absolute atomic E-state index is 0.151. The number of Topliss-reactive ketones (excluding diaryl/α,β-unsaturated/α-hetero) is 1. The molecule has 1 N–H and O–H groups in total. The fourth-order valence-electron chi connectivity index (χ4n) is 2.47. The van der Waals surface area contributed by atoms with Crippen LogP contribution < -0.4 is 14.8 Å². The number of ketones is 1. The van der Waals surface area contributed by atoms with E-state index in [4.69, 9.17) is 9.47 Å². The van der Waals surface area contributed by atoms with E-state index in [0.29, 0.717) is 0 Å². The van der Waals surface area contributed by atoms with Crippen molar-refractivity contribution in [3.8, 4) is 11.5 Å². The lowest BCUT2D eigenvalue weighted by atomic mass is 9.86. The van der Waals surface area contributed by atoms with Crippen LogP contribution in [0.5, 0.6) is 11.5 Å². The van der Waals surface area contributed by atoms with Crippen molar-refractivity contribution in [3.05, 3.63) is 30.0 Å². The fourth-order valence-corrected chi connectivity index (χ4v) is 2.47. The number of carbonyl (C=O) groups excluding carboxylic acids is 1. The Labute approximate surface area is 112 Å². The average Bonchev–Trinajstić information content (AvgIpc) is 2.88. The van der Waals surface area contributed by atoms with Crippen LogP contribution in [-0.2, 0) is 4.79 Å². The van der Waals surface area contributed by atoms with Crippen LogP contribution in [-0.4, -0.2) is 12.6 Å². The molecule has 1 aromatic rings. The van der Waals surface area contributed by atoms with Gasteiger partial charge in [0.15, 0.2) is 17.3 Å². The van der Waals surface area contributed by atoms with Crippen molar-refractivity contribution < 1.29 is 14.3 Å². The van der Waals surface area contributed by atoms with E-state index in [0.717, 1.165) is 42.0 Å². The zero-order chi connectivity index (χ0) is 13.2. The van der Waals surface area contributed by atoms with Crippen molar-refractivity contribution in [1.82, 2.24) is 0 Å². The molecule has 4 nitrogen and oxygen atoms in total. The van der Waals surface area contributed by atoms with Crippen LogP contribution in [0.2, 0.25) is 0 Å². The molecular formula is C15H17NO3. The minimum Gasteiger partial charge on any atom is -0.454 e. The highest BCUT2D eigenvalue weighted by Crippen LogP contribution is 2.34. The number of carbonyl (C=O) groups is 1. The largest absolute Gasteiger partial charge is 0.454 e. The van der Waals surface area contributed by atoms with Gasteiger partial charge < -0.3 is 14.8 Å². The highest BCUT2D eigenvalue weighted by molar-refractivity contribution is 5.97. The molecular weight excluding hydrogens is 242 g/mol. The molecule has 3 rings (SSSR count). The smallest absolute Gasteiger partial charge is 0.231 e. The molecule has 1 saturated carbocycles. The second-order valence-corrected chi connectivity index (χ2v) is 5.04. The summed E-state index contributed by atoms with van der Waals surface area (Å²) in [6.45, 7) is 2.27. The summed E-state index contributed by atoms with van der Waals surface area (Å²) in [5, 5.41) is 3.18. The number of rotatable bonds is 2. The van der Waals surface area contributed by atoms with Gasteiger partial charge in [-0.1, -0.05) is 6.92 Å². The standard InChI is InChI=1S/C15H17NO3/c1-10-3-2-4-11(15(10)17)8-16-12-5-6-13-14(7-12)19-9-18-13/h5-8,10,16H,2-4,9H2,1H3/b11-8-/t10-/m1/s1. The Morgan fingerprint density at radius 3 is 3.05 bits per heavy atom. The van der Waals surface area contributed by atoms with Gasteiger partial charge in [0.2, 0.25) is 6.79 Å². The molecule has 0 radical (unpaired) electrons. The number of hydrogen-bond acceptors (Lipinski definition) is 4. The predicted octanol–water partition coefficient (Wildman–Crippen LogP) is 3.10. The SMILES string of the molecule is C[C@@H]1CCC/C(=C/Nc2ccc3c(c2)OCO3)C1=O. The summed E-state index contributed by atoms with van der Waals surface area (Å²) in [6.07, 6.45) is 4.78. The second-order valence-electron chi connectivity index (χ2n) is 5.04. The van der Waals surface area contributed by atoms with E-state index in [1.807, 2.05) is 31.3 Å². The lowest BCUT2D eigenvalue weighted by molar-refractivity contribution is -0.119. The van der Waals surface area contributed by atoms with Crippen LogP contribution in [0.4, 0.5) is 5.69 Å². The zero-order valence-electron chi connectivity index (χ0n) is 10.9. The molecule has 0 bridgehead atoms. The van der Waals surface area contributed by atoms with Crippen LogP contribution >= 0.6 is 0 Å². The Morgan fingerprint density at radius 1 is 1.32 bits per heavy atom. The van der Waals surface area contributed by atoms with Crippen LogP contribution in [0, 0.1) is 5.92 Å². The number of allylic oxidation sites excluding steroid dienone is 1. The third kappa shape index (κ3) is 2.43. The van der Waals surface area contributed by atoms with E-state index in [1.165, 1.54) is 0 Å². The van der Waals surface area contributed by atoms with E-state index in [2.05, 4.69) is 5.32 Å². The summed E-state index contributed by atoms with van der Waals surface area (Å²) in [5.74, 6) is 1.92. The normalized spacial score (nSPS) is 23.7. The molecule has 1 fully saturated rings. The molecule has 2 aliphatic rings. The van der Waals surface area contributed by atoms with Crippen LogP contribution in [0.25, 0.3) is 0 Å². The van der Waals surface area contributed by atoms with Crippen LogP contribution in [0.15, 0.2) is 30.0 Å². The van der Waals surface area contributed by atoms with Crippen molar-refractivity contribution in [2.24, 2.45) is 5.92 Å². The Hall–Kier alpha value is -1.97. The maximum atomic E-state index is 12.0. The van der Waals surface area contributed by atoms with Gasteiger partial charge >= 0.3 is 0 Å². The third-order valence-corrected chi connectivity index (χ3v) is 3.63. The quantitative estimate of drug-likeness (QED) is 0.829. The van der Waals surface area contributed by atoms with Crippen molar-refractivity contribution in [1.29, 1.82) is 0 Å². The molecule has 1 heterocycles. The zero-order valence-corrected chi connectivity index (χ0v) is 10.9. The molecule has 0 aromatic heterocycles. The lowest BCUT2D eigenvalue weighted by Gasteiger charge is -2.19. The first-order valence-electron chi connectivity index (χ1n) is 6.63. The minimum atomic E-state index is 0.151. The summed E-state index contributed by atoms with van der Waals surface area (Å²) < 4.78 is 10.6. The molecule has 1 aromatic carbocycles. The summed E-state index contributed by atoms with van der Waals surface area (Å²) in [7, 11) is 0. The van der Waals surface area contributed by atoms with Gasteiger partial charge in [-0.05, 0) is 31.4 Å². The number of nitrogens with one attached hydrogen (secondary N) is 1. The topological polar surface area (TPSA) is 47.6 Å². The molecule has 1 aliphatic carbocycles. The molecule has 1 aliphatic heterocycles. The summed E-state index contributed by atoms with van der Waals surface area (Å²) in [5.41, 5.74) is 1.79. The van der Waals surface area contributed by atoms with Crippen molar-refractivity contribution in [2.75, 3.05) is 12.1 Å². The second kappa shape index (κ2) is 4.96. The monoisotopic (exact) mass is 259 g/mol. The van der Waals surface area contributed by atoms with Crippen molar-refractivity contribution in [3.63, 3.8) is 0 Å². The average molecular weight is 259 g/mol. The fraction of sp³-hybridized carbons (Fsp3) is 0.400. The number of benzene rings is 1. The highest BCUT2D eigenvalue weighted by atomic mass is 16.7. The molecule has 19 heavy (non-hydrogen) atoms. The molecule has 0 amide bonds. The van der Waals surface area contributed by atoms with Gasteiger partial charge in [0.05, 0.1) is 0 Å². The maximum absolute atomic E-state index is 12.0. The van der Waals surface area contributed by atoms with Crippen LogP contribution in [0.3, 0.4) is 0 Å². The number of anilines is 1. The molecule has 0 unspecified atom stereocenters.